The van der Waals surface area contributed by atoms with E-state index < -0.39 is 17.8 Å². The Kier molecular flexibility index (Phi) is 4.43. The average molecular weight is 348 g/mol. The van der Waals surface area contributed by atoms with Crippen LogP contribution in [0.25, 0.3) is 0 Å². The molecule has 0 heterocycles. The molecule has 0 aliphatic heterocycles. The standard InChI is InChI=1S/C19H22ClNO3/c1-9(2)15-12-6-7-13(15)17(19(23)24)16(12)18(22)21-11-5-4-10(3)14(20)8-11/h4-5,8,12-13,16-17H,6-7H2,1-3H3,(H,21,22)(H,23,24)/t12-,13-,16-,17-/m1/s1. The third-order valence-electron chi connectivity index (χ3n) is 5.45. The second-order valence-corrected chi connectivity index (χ2v) is 7.50. The predicted molar refractivity (Wildman–Crippen MR) is 94.0 cm³/mol. The van der Waals surface area contributed by atoms with Gasteiger partial charge in [0.1, 0.15) is 0 Å². The maximum absolute atomic E-state index is 12.8. The van der Waals surface area contributed by atoms with Crippen molar-refractivity contribution in [3.63, 3.8) is 0 Å². The SMILES string of the molecule is CC(C)=C1[C@H]2CC[C@H]1[C@@H](C(=O)Nc1ccc(C)c(Cl)c1)[C@@H]2C(=O)O. The smallest absolute Gasteiger partial charge is 0.307 e. The highest BCUT2D eigenvalue weighted by atomic mass is 35.5. The van der Waals surface area contributed by atoms with Crippen LogP contribution in [-0.2, 0) is 9.59 Å². The van der Waals surface area contributed by atoms with Crippen molar-refractivity contribution in [2.24, 2.45) is 23.7 Å². The fourth-order valence-electron chi connectivity index (χ4n) is 4.50. The van der Waals surface area contributed by atoms with E-state index in [1.807, 2.05) is 26.8 Å². The zero-order valence-corrected chi connectivity index (χ0v) is 14.9. The minimum Gasteiger partial charge on any atom is -0.481 e. The number of nitrogens with one attached hydrogen (secondary N) is 1. The summed E-state index contributed by atoms with van der Waals surface area (Å²) in [5, 5.41) is 13.1. The van der Waals surface area contributed by atoms with Gasteiger partial charge in [0.15, 0.2) is 0 Å². The van der Waals surface area contributed by atoms with Crippen LogP contribution in [0.3, 0.4) is 0 Å². The molecule has 24 heavy (non-hydrogen) atoms. The van der Waals surface area contributed by atoms with Gasteiger partial charge in [-0.15, -0.1) is 0 Å². The molecule has 4 atom stereocenters. The maximum atomic E-state index is 12.8. The van der Waals surface area contributed by atoms with Crippen LogP contribution in [0.5, 0.6) is 0 Å². The molecule has 5 heteroatoms. The van der Waals surface area contributed by atoms with E-state index >= 15 is 0 Å². The molecule has 1 amide bonds. The number of aryl methyl sites for hydroxylation is 1. The number of hydrogen-bond acceptors (Lipinski definition) is 2. The first-order valence-corrected chi connectivity index (χ1v) is 8.66. The number of benzene rings is 1. The Hall–Kier alpha value is -1.81. The second-order valence-electron chi connectivity index (χ2n) is 7.09. The van der Waals surface area contributed by atoms with Crippen molar-refractivity contribution in [1.82, 2.24) is 0 Å². The summed E-state index contributed by atoms with van der Waals surface area (Å²) in [6.45, 7) is 5.92. The molecule has 1 aromatic carbocycles. The van der Waals surface area contributed by atoms with E-state index in [1.54, 1.807) is 12.1 Å². The van der Waals surface area contributed by atoms with Crippen molar-refractivity contribution in [3.8, 4) is 0 Å². The van der Waals surface area contributed by atoms with E-state index in [9.17, 15) is 14.7 Å². The van der Waals surface area contributed by atoms with Gasteiger partial charge in [-0.3, -0.25) is 9.59 Å². The van der Waals surface area contributed by atoms with Gasteiger partial charge in [-0.2, -0.15) is 0 Å². The van der Waals surface area contributed by atoms with Gasteiger partial charge < -0.3 is 10.4 Å². The summed E-state index contributed by atoms with van der Waals surface area (Å²) in [7, 11) is 0. The van der Waals surface area contributed by atoms with Crippen molar-refractivity contribution in [1.29, 1.82) is 0 Å². The molecule has 2 N–H and O–H groups in total. The number of carbonyl (C=O) groups is 2. The molecule has 2 saturated carbocycles. The van der Waals surface area contributed by atoms with E-state index in [-0.39, 0.29) is 17.7 Å². The first-order valence-electron chi connectivity index (χ1n) is 8.28. The highest BCUT2D eigenvalue weighted by molar-refractivity contribution is 6.31. The first-order chi connectivity index (χ1) is 11.3. The van der Waals surface area contributed by atoms with Gasteiger partial charge in [0, 0.05) is 10.7 Å². The van der Waals surface area contributed by atoms with Crippen molar-refractivity contribution in [2.45, 2.75) is 33.6 Å². The van der Waals surface area contributed by atoms with Gasteiger partial charge in [-0.1, -0.05) is 28.8 Å². The van der Waals surface area contributed by atoms with Gasteiger partial charge in [0.2, 0.25) is 5.91 Å². The van der Waals surface area contributed by atoms with E-state index in [0.29, 0.717) is 10.7 Å². The molecule has 2 bridgehead atoms. The number of fused-ring (bicyclic) bond motifs is 2. The number of rotatable bonds is 3. The number of amides is 1. The highest BCUT2D eigenvalue weighted by Crippen LogP contribution is 2.57. The molecular weight excluding hydrogens is 326 g/mol. The van der Waals surface area contributed by atoms with Crippen molar-refractivity contribution in [2.75, 3.05) is 5.32 Å². The lowest BCUT2D eigenvalue weighted by molar-refractivity contribution is -0.148. The highest BCUT2D eigenvalue weighted by Gasteiger charge is 2.57. The van der Waals surface area contributed by atoms with Gasteiger partial charge in [-0.25, -0.2) is 0 Å². The lowest BCUT2D eigenvalue weighted by atomic mass is 9.78. The quantitative estimate of drug-likeness (QED) is 0.802. The minimum atomic E-state index is -0.872. The lowest BCUT2D eigenvalue weighted by Gasteiger charge is -2.26. The van der Waals surface area contributed by atoms with Crippen LogP contribution < -0.4 is 5.32 Å². The third-order valence-corrected chi connectivity index (χ3v) is 5.85. The van der Waals surface area contributed by atoms with Crippen LogP contribution >= 0.6 is 11.6 Å². The molecule has 1 aromatic rings. The largest absolute Gasteiger partial charge is 0.481 e. The molecule has 0 aromatic heterocycles. The van der Waals surface area contributed by atoms with Crippen LogP contribution in [0.2, 0.25) is 5.02 Å². The normalized spacial score (nSPS) is 28.1. The zero-order valence-electron chi connectivity index (χ0n) is 14.1. The number of anilines is 1. The summed E-state index contributed by atoms with van der Waals surface area (Å²) in [6, 6.07) is 5.35. The second kappa shape index (κ2) is 6.25. The third kappa shape index (κ3) is 2.73. The maximum Gasteiger partial charge on any atom is 0.307 e. The van der Waals surface area contributed by atoms with Crippen LogP contribution in [0.15, 0.2) is 29.3 Å². The summed E-state index contributed by atoms with van der Waals surface area (Å²) in [5.74, 6) is -2.19. The summed E-state index contributed by atoms with van der Waals surface area (Å²) in [6.07, 6.45) is 1.75. The predicted octanol–water partition coefficient (Wildman–Crippen LogP) is 4.28. The molecule has 4 nitrogen and oxygen atoms in total. The molecule has 128 valence electrons. The molecule has 0 unspecified atom stereocenters. The number of hydrogen-bond donors (Lipinski definition) is 2. The lowest BCUT2D eigenvalue weighted by Crippen LogP contribution is -2.37. The summed E-state index contributed by atoms with van der Waals surface area (Å²) in [4.78, 5) is 24.6. The fraction of sp³-hybridized carbons (Fsp3) is 0.474. The number of carboxylic acids is 1. The molecule has 0 spiro atoms. The van der Waals surface area contributed by atoms with Crippen molar-refractivity contribution in [3.05, 3.63) is 39.9 Å². The zero-order chi connectivity index (χ0) is 17.6. The van der Waals surface area contributed by atoms with Crippen molar-refractivity contribution >= 4 is 29.2 Å². The van der Waals surface area contributed by atoms with E-state index in [2.05, 4.69) is 5.32 Å². The molecule has 0 radical (unpaired) electrons. The molecule has 2 aliphatic carbocycles. The van der Waals surface area contributed by atoms with Crippen LogP contribution in [0.1, 0.15) is 32.3 Å². The summed E-state index contributed by atoms with van der Waals surface area (Å²) >= 11 is 6.11. The van der Waals surface area contributed by atoms with E-state index in [4.69, 9.17) is 11.6 Å². The number of carboxylic acid groups (broad SMARTS) is 1. The number of halogens is 1. The Bertz CT molecular complexity index is 736. The Morgan fingerprint density at radius 3 is 2.33 bits per heavy atom. The average Bonchev–Trinajstić information content (AvgIpc) is 3.06. The summed E-state index contributed by atoms with van der Waals surface area (Å²) in [5.41, 5.74) is 3.89. The number of aliphatic carboxylic acids is 1. The Balaban J connectivity index is 1.89. The van der Waals surface area contributed by atoms with E-state index in [0.717, 1.165) is 24.0 Å². The number of carbonyl (C=O) groups excluding carboxylic acids is 1. The molecular formula is C19H22ClNO3. The van der Waals surface area contributed by atoms with Gasteiger partial charge in [0.25, 0.3) is 0 Å². The first kappa shape index (κ1) is 17.0. The van der Waals surface area contributed by atoms with E-state index in [1.165, 1.54) is 5.57 Å². The van der Waals surface area contributed by atoms with Crippen LogP contribution in [-0.4, -0.2) is 17.0 Å². The van der Waals surface area contributed by atoms with Crippen LogP contribution in [0, 0.1) is 30.6 Å². The Labute approximate surface area is 146 Å². The monoisotopic (exact) mass is 347 g/mol. The number of allylic oxidation sites excluding steroid dienone is 2. The minimum absolute atomic E-state index is 0.00476. The molecule has 0 saturated heterocycles. The Morgan fingerprint density at radius 1 is 1.17 bits per heavy atom. The topological polar surface area (TPSA) is 66.4 Å². The molecule has 3 rings (SSSR count). The Morgan fingerprint density at radius 2 is 1.79 bits per heavy atom. The van der Waals surface area contributed by atoms with Gasteiger partial charge in [0.05, 0.1) is 11.8 Å². The molecule has 2 aliphatic rings. The fourth-order valence-corrected chi connectivity index (χ4v) is 4.68. The van der Waals surface area contributed by atoms with Gasteiger partial charge >= 0.3 is 5.97 Å². The molecule has 2 fully saturated rings. The summed E-state index contributed by atoms with van der Waals surface area (Å²) < 4.78 is 0. The van der Waals surface area contributed by atoms with Crippen LogP contribution in [0.4, 0.5) is 5.69 Å². The van der Waals surface area contributed by atoms with Crippen molar-refractivity contribution < 1.29 is 14.7 Å². The van der Waals surface area contributed by atoms with Gasteiger partial charge in [-0.05, 0) is 63.1 Å².